The van der Waals surface area contributed by atoms with Crippen LogP contribution in [-0.2, 0) is 6.18 Å². The van der Waals surface area contributed by atoms with Crippen LogP contribution < -0.4 is 4.90 Å². The first kappa shape index (κ1) is 22.8. The van der Waals surface area contributed by atoms with Gasteiger partial charge in [0.15, 0.2) is 11.3 Å². The molecule has 6 nitrogen and oxygen atoms in total. The number of nitrogens with zero attached hydrogens (tertiary/aromatic N) is 5. The van der Waals surface area contributed by atoms with Crippen molar-refractivity contribution in [2.75, 3.05) is 31.1 Å². The molecule has 180 valence electrons. The number of amides is 1. The summed E-state index contributed by atoms with van der Waals surface area (Å²) >= 11 is 0. The molecule has 2 aromatic carbocycles. The molecule has 5 rings (SSSR count). The van der Waals surface area contributed by atoms with E-state index in [0.29, 0.717) is 36.3 Å². The third kappa shape index (κ3) is 4.43. The molecule has 0 bridgehead atoms. The maximum atomic E-state index is 13.9. The Bertz CT molecular complexity index is 1370. The highest BCUT2D eigenvalue weighted by Crippen LogP contribution is 2.33. The molecule has 0 unspecified atom stereocenters. The number of aromatic nitrogens is 3. The van der Waals surface area contributed by atoms with Gasteiger partial charge in [0.2, 0.25) is 0 Å². The summed E-state index contributed by atoms with van der Waals surface area (Å²) in [6, 6.07) is 14.0. The van der Waals surface area contributed by atoms with Crippen LogP contribution in [0.4, 0.5) is 23.2 Å². The van der Waals surface area contributed by atoms with Gasteiger partial charge in [-0.2, -0.15) is 18.3 Å². The van der Waals surface area contributed by atoms with Crippen molar-refractivity contribution in [2.24, 2.45) is 0 Å². The zero-order valence-electron chi connectivity index (χ0n) is 18.8. The van der Waals surface area contributed by atoms with Crippen molar-refractivity contribution >= 4 is 17.2 Å². The SMILES string of the molecule is Cc1ccc(-c2cc(C(F)(F)F)n3ncc(C(=O)N4CCN(c5ccc(F)cc5)CC4)c3n2)cc1. The van der Waals surface area contributed by atoms with Gasteiger partial charge in [0, 0.05) is 37.4 Å². The lowest BCUT2D eigenvalue weighted by atomic mass is 10.1. The van der Waals surface area contributed by atoms with E-state index in [9.17, 15) is 22.4 Å². The number of benzene rings is 2. The van der Waals surface area contributed by atoms with E-state index >= 15 is 0 Å². The van der Waals surface area contributed by atoms with Gasteiger partial charge in [-0.25, -0.2) is 13.9 Å². The van der Waals surface area contributed by atoms with E-state index in [1.54, 1.807) is 41.3 Å². The van der Waals surface area contributed by atoms with E-state index in [0.717, 1.165) is 23.5 Å². The normalized spacial score (nSPS) is 14.5. The van der Waals surface area contributed by atoms with Crippen LogP contribution in [0.5, 0.6) is 0 Å². The smallest absolute Gasteiger partial charge is 0.368 e. The van der Waals surface area contributed by atoms with Gasteiger partial charge in [-0.15, -0.1) is 0 Å². The number of halogens is 4. The van der Waals surface area contributed by atoms with Crippen molar-refractivity contribution < 1.29 is 22.4 Å². The molecule has 0 atom stereocenters. The third-order valence-corrected chi connectivity index (χ3v) is 6.10. The van der Waals surface area contributed by atoms with E-state index in [1.165, 1.54) is 12.1 Å². The molecule has 1 amide bonds. The number of aryl methyl sites for hydroxylation is 1. The average Bonchev–Trinajstić information content (AvgIpc) is 3.27. The molecule has 1 saturated heterocycles. The van der Waals surface area contributed by atoms with Crippen molar-refractivity contribution in [3.05, 3.63) is 83.4 Å². The fourth-order valence-corrected chi connectivity index (χ4v) is 4.18. The Morgan fingerprint density at radius 3 is 2.23 bits per heavy atom. The Balaban J connectivity index is 1.46. The van der Waals surface area contributed by atoms with Gasteiger partial charge in [0.05, 0.1) is 11.9 Å². The van der Waals surface area contributed by atoms with Gasteiger partial charge >= 0.3 is 6.18 Å². The summed E-state index contributed by atoms with van der Waals surface area (Å²) in [6.07, 6.45) is -3.54. The molecular formula is C25H21F4N5O. The summed E-state index contributed by atoms with van der Waals surface area (Å²) in [5.74, 6) is -0.758. The standard InChI is InChI=1S/C25H21F4N5O/c1-16-2-4-17(5-3-16)21-14-22(25(27,28)29)34-23(31-21)20(15-30-34)24(35)33-12-10-32(11-13-33)19-8-6-18(26)7-9-19/h2-9,14-15H,10-13H2,1H3. The van der Waals surface area contributed by atoms with Crippen LogP contribution >= 0.6 is 0 Å². The maximum Gasteiger partial charge on any atom is 0.433 e. The molecule has 0 N–H and O–H groups in total. The first-order chi connectivity index (χ1) is 16.7. The Hall–Kier alpha value is -3.95. The van der Waals surface area contributed by atoms with E-state index in [-0.39, 0.29) is 22.7 Å². The van der Waals surface area contributed by atoms with Crippen molar-refractivity contribution in [1.82, 2.24) is 19.5 Å². The number of fused-ring (bicyclic) bond motifs is 1. The zero-order valence-corrected chi connectivity index (χ0v) is 18.8. The van der Waals surface area contributed by atoms with Gasteiger partial charge in [0.1, 0.15) is 11.4 Å². The Morgan fingerprint density at radius 2 is 1.60 bits per heavy atom. The zero-order chi connectivity index (χ0) is 24.7. The minimum absolute atomic E-state index is 0.0136. The topological polar surface area (TPSA) is 53.7 Å². The molecule has 2 aromatic heterocycles. The van der Waals surface area contributed by atoms with E-state index < -0.39 is 17.8 Å². The van der Waals surface area contributed by atoms with Crippen molar-refractivity contribution in [1.29, 1.82) is 0 Å². The Morgan fingerprint density at radius 1 is 0.943 bits per heavy atom. The molecule has 1 aliphatic heterocycles. The molecule has 3 heterocycles. The van der Waals surface area contributed by atoms with Crippen LogP contribution in [-0.4, -0.2) is 51.6 Å². The fraction of sp³-hybridized carbons (Fsp3) is 0.240. The van der Waals surface area contributed by atoms with Crippen LogP contribution in [0, 0.1) is 12.7 Å². The molecular weight excluding hydrogens is 462 g/mol. The number of carbonyl (C=O) groups is 1. The lowest BCUT2D eigenvalue weighted by Crippen LogP contribution is -2.48. The lowest BCUT2D eigenvalue weighted by Gasteiger charge is -2.36. The second-order valence-corrected chi connectivity index (χ2v) is 8.44. The van der Waals surface area contributed by atoms with Crippen LogP contribution in [0.1, 0.15) is 21.6 Å². The number of alkyl halides is 3. The number of hydrogen-bond donors (Lipinski definition) is 0. The van der Waals surface area contributed by atoms with Crippen LogP contribution in [0.2, 0.25) is 0 Å². The lowest BCUT2D eigenvalue weighted by molar-refractivity contribution is -0.142. The van der Waals surface area contributed by atoms with Gasteiger partial charge in [-0.3, -0.25) is 4.79 Å². The quantitative estimate of drug-likeness (QED) is 0.392. The first-order valence-electron chi connectivity index (χ1n) is 11.0. The van der Waals surface area contributed by atoms with Gasteiger partial charge in [-0.1, -0.05) is 29.8 Å². The summed E-state index contributed by atoms with van der Waals surface area (Å²) in [5, 5.41) is 3.86. The Kier molecular flexibility index (Phi) is 5.66. The highest BCUT2D eigenvalue weighted by Gasteiger charge is 2.36. The molecule has 4 aromatic rings. The minimum Gasteiger partial charge on any atom is -0.368 e. The monoisotopic (exact) mass is 483 g/mol. The van der Waals surface area contributed by atoms with Crippen molar-refractivity contribution in [2.45, 2.75) is 13.1 Å². The molecule has 0 saturated carbocycles. The minimum atomic E-state index is -4.69. The number of carbonyl (C=O) groups excluding carboxylic acids is 1. The fourth-order valence-electron chi connectivity index (χ4n) is 4.18. The highest BCUT2D eigenvalue weighted by molar-refractivity contribution is 6.00. The summed E-state index contributed by atoms with van der Waals surface area (Å²) in [5.41, 5.74) is 1.30. The van der Waals surface area contributed by atoms with Crippen LogP contribution in [0.15, 0.2) is 60.8 Å². The summed E-state index contributed by atoms with van der Waals surface area (Å²) < 4.78 is 55.5. The molecule has 10 heteroatoms. The number of anilines is 1. The van der Waals surface area contributed by atoms with E-state index in [4.69, 9.17) is 0 Å². The molecule has 35 heavy (non-hydrogen) atoms. The van der Waals surface area contributed by atoms with Gasteiger partial charge < -0.3 is 9.80 Å². The summed E-state index contributed by atoms with van der Waals surface area (Å²) in [6.45, 7) is 3.61. The number of hydrogen-bond acceptors (Lipinski definition) is 4. The Labute approximate surface area is 198 Å². The van der Waals surface area contributed by atoms with Crippen molar-refractivity contribution in [3.8, 4) is 11.3 Å². The second kappa shape index (κ2) is 8.68. The van der Waals surface area contributed by atoms with E-state index in [2.05, 4.69) is 10.1 Å². The number of piperazine rings is 1. The summed E-state index contributed by atoms with van der Waals surface area (Å²) in [4.78, 5) is 21.3. The first-order valence-corrected chi connectivity index (χ1v) is 11.0. The second-order valence-electron chi connectivity index (χ2n) is 8.44. The van der Waals surface area contributed by atoms with Gasteiger partial charge in [0.25, 0.3) is 5.91 Å². The highest BCUT2D eigenvalue weighted by atomic mass is 19.4. The predicted octanol–water partition coefficient (Wildman–Crippen LogP) is 4.83. The average molecular weight is 483 g/mol. The van der Waals surface area contributed by atoms with Crippen molar-refractivity contribution in [3.63, 3.8) is 0 Å². The molecule has 1 fully saturated rings. The maximum absolute atomic E-state index is 13.9. The largest absolute Gasteiger partial charge is 0.433 e. The molecule has 0 aliphatic carbocycles. The summed E-state index contributed by atoms with van der Waals surface area (Å²) in [7, 11) is 0. The van der Waals surface area contributed by atoms with Crippen LogP contribution in [0.3, 0.4) is 0 Å². The van der Waals surface area contributed by atoms with E-state index in [1.807, 2.05) is 11.8 Å². The molecule has 0 radical (unpaired) electrons. The van der Waals surface area contributed by atoms with Crippen LogP contribution in [0.25, 0.3) is 16.9 Å². The van der Waals surface area contributed by atoms with Gasteiger partial charge in [-0.05, 0) is 37.3 Å². The molecule has 1 aliphatic rings. The predicted molar refractivity (Wildman–Crippen MR) is 123 cm³/mol. The molecule has 0 spiro atoms. The third-order valence-electron chi connectivity index (χ3n) is 6.10. The number of rotatable bonds is 3.